The average molecular weight is 186 g/mol. The third kappa shape index (κ3) is 1.95. The molecule has 0 nitrogen and oxygen atoms in total. The van der Waals surface area contributed by atoms with Gasteiger partial charge in [0.1, 0.15) is 0 Å². The first-order valence-electron chi connectivity index (χ1n) is 5.05. The lowest BCUT2D eigenvalue weighted by atomic mass is 10.0. The molecule has 74 valence electrons. The largest absolute Gasteiger partial charge is 0.0988 e. The first-order valence-corrected chi connectivity index (χ1v) is 5.05. The van der Waals surface area contributed by atoms with E-state index in [1.54, 1.807) is 0 Å². The lowest BCUT2D eigenvalue weighted by Crippen LogP contribution is -1.81. The van der Waals surface area contributed by atoms with Crippen LogP contribution < -0.4 is 0 Å². The fourth-order valence-electron chi connectivity index (χ4n) is 1.82. The molecule has 0 aliphatic heterocycles. The minimum atomic E-state index is 1.04. The lowest BCUT2D eigenvalue weighted by Gasteiger charge is -2.00. The van der Waals surface area contributed by atoms with E-state index in [2.05, 4.69) is 51.7 Å². The van der Waals surface area contributed by atoms with Crippen molar-refractivity contribution in [3.05, 3.63) is 59.3 Å². The summed E-state index contributed by atoms with van der Waals surface area (Å²) in [5, 5.41) is 0. The summed E-state index contributed by atoms with van der Waals surface area (Å²) in [6.07, 6.45) is 11.5. The van der Waals surface area contributed by atoms with Gasteiger partial charge in [-0.05, 0) is 43.9 Å². The predicted molar refractivity (Wildman–Crippen MR) is 64.2 cm³/mol. The summed E-state index contributed by atoms with van der Waals surface area (Å²) in [6, 6.07) is 0. The van der Waals surface area contributed by atoms with Crippen LogP contribution >= 0.6 is 0 Å². The van der Waals surface area contributed by atoms with Crippen LogP contribution in [0.4, 0.5) is 0 Å². The van der Waals surface area contributed by atoms with Crippen LogP contribution in [0.5, 0.6) is 0 Å². The molecule has 0 radical (unpaired) electrons. The third-order valence-electron chi connectivity index (χ3n) is 2.46. The van der Waals surface area contributed by atoms with Crippen LogP contribution in [0, 0.1) is 0 Å². The minimum absolute atomic E-state index is 1.04. The standard InChI is InChI=1S/C14H18/c1-5-8-13-11(4)10-12(7-3)14(13)9-6-2/h5-9H,3,10H2,1-2,4H3/b8-5-,9-6-. The van der Waals surface area contributed by atoms with Gasteiger partial charge in [0.2, 0.25) is 0 Å². The smallest absolute Gasteiger partial charge is 0.00547 e. The number of hydrogen-bond donors (Lipinski definition) is 0. The summed E-state index contributed by atoms with van der Waals surface area (Å²) < 4.78 is 0. The van der Waals surface area contributed by atoms with E-state index in [1.165, 1.54) is 22.3 Å². The van der Waals surface area contributed by atoms with Crippen molar-refractivity contribution < 1.29 is 0 Å². The van der Waals surface area contributed by atoms with Gasteiger partial charge in [-0.1, -0.05) is 42.5 Å². The maximum Gasteiger partial charge on any atom is -0.00547 e. The van der Waals surface area contributed by atoms with E-state index >= 15 is 0 Å². The van der Waals surface area contributed by atoms with Crippen molar-refractivity contribution in [3.63, 3.8) is 0 Å². The molecule has 0 heterocycles. The molecule has 0 heteroatoms. The molecule has 0 spiro atoms. The van der Waals surface area contributed by atoms with E-state index in [0.29, 0.717) is 0 Å². The molecule has 0 unspecified atom stereocenters. The van der Waals surface area contributed by atoms with E-state index in [-0.39, 0.29) is 0 Å². The second-order valence-electron chi connectivity index (χ2n) is 3.51. The SMILES string of the molecule is C=CC1=C(/C=C\C)C(/C=C\C)=C(C)C1. The zero-order valence-corrected chi connectivity index (χ0v) is 9.30. The Labute approximate surface area is 87.0 Å². The molecule has 1 aliphatic carbocycles. The molecule has 0 amide bonds. The van der Waals surface area contributed by atoms with Crippen molar-refractivity contribution in [3.8, 4) is 0 Å². The maximum atomic E-state index is 3.86. The second-order valence-corrected chi connectivity index (χ2v) is 3.51. The first kappa shape index (κ1) is 10.8. The highest BCUT2D eigenvalue weighted by atomic mass is 14.2. The summed E-state index contributed by atoms with van der Waals surface area (Å²) in [6.45, 7) is 10.2. The van der Waals surface area contributed by atoms with Crippen LogP contribution in [0.15, 0.2) is 59.3 Å². The van der Waals surface area contributed by atoms with Gasteiger partial charge in [-0.25, -0.2) is 0 Å². The fourth-order valence-corrected chi connectivity index (χ4v) is 1.82. The zero-order valence-electron chi connectivity index (χ0n) is 9.30. The predicted octanol–water partition coefficient (Wildman–Crippen LogP) is 4.34. The Hall–Kier alpha value is -1.30. The molecule has 1 rings (SSSR count). The van der Waals surface area contributed by atoms with Gasteiger partial charge in [0.05, 0.1) is 0 Å². The van der Waals surface area contributed by atoms with Crippen LogP contribution in [0.3, 0.4) is 0 Å². The first-order chi connectivity index (χ1) is 6.74. The van der Waals surface area contributed by atoms with Crippen molar-refractivity contribution in [2.45, 2.75) is 27.2 Å². The van der Waals surface area contributed by atoms with Crippen LogP contribution in [0.1, 0.15) is 27.2 Å². The van der Waals surface area contributed by atoms with Crippen LogP contribution in [0.25, 0.3) is 0 Å². The number of allylic oxidation sites excluding steroid dienone is 9. The van der Waals surface area contributed by atoms with Gasteiger partial charge in [0.25, 0.3) is 0 Å². The van der Waals surface area contributed by atoms with E-state index < -0.39 is 0 Å². The fraction of sp³-hybridized carbons (Fsp3) is 0.286. The molecule has 0 aromatic carbocycles. The van der Waals surface area contributed by atoms with E-state index in [0.717, 1.165) is 6.42 Å². The molecular formula is C14H18. The molecule has 0 bridgehead atoms. The summed E-state index contributed by atoms with van der Waals surface area (Å²) in [5.74, 6) is 0. The van der Waals surface area contributed by atoms with Gasteiger partial charge in [-0.2, -0.15) is 0 Å². The molecule has 1 aliphatic rings. The summed E-state index contributed by atoms with van der Waals surface area (Å²) >= 11 is 0. The maximum absolute atomic E-state index is 3.86. The molecule has 0 aromatic rings. The Morgan fingerprint density at radius 3 is 2.14 bits per heavy atom. The number of hydrogen-bond acceptors (Lipinski definition) is 0. The van der Waals surface area contributed by atoms with E-state index in [9.17, 15) is 0 Å². The second kappa shape index (κ2) is 4.80. The lowest BCUT2D eigenvalue weighted by molar-refractivity contribution is 1.19. The van der Waals surface area contributed by atoms with Crippen LogP contribution in [-0.2, 0) is 0 Å². The molecule has 0 aromatic heterocycles. The van der Waals surface area contributed by atoms with Gasteiger partial charge in [0, 0.05) is 0 Å². The Morgan fingerprint density at radius 2 is 1.64 bits per heavy atom. The molecule has 0 fully saturated rings. The van der Waals surface area contributed by atoms with Gasteiger partial charge in [-0.3, -0.25) is 0 Å². The molecule has 0 atom stereocenters. The molecule has 14 heavy (non-hydrogen) atoms. The van der Waals surface area contributed by atoms with Gasteiger partial charge in [-0.15, -0.1) is 0 Å². The summed E-state index contributed by atoms with van der Waals surface area (Å²) in [4.78, 5) is 0. The highest BCUT2D eigenvalue weighted by molar-refractivity contribution is 5.59. The minimum Gasteiger partial charge on any atom is -0.0988 e. The monoisotopic (exact) mass is 186 g/mol. The molecule has 0 saturated carbocycles. The van der Waals surface area contributed by atoms with Crippen molar-refractivity contribution >= 4 is 0 Å². The van der Waals surface area contributed by atoms with Gasteiger partial charge >= 0.3 is 0 Å². The highest BCUT2D eigenvalue weighted by Crippen LogP contribution is 2.34. The van der Waals surface area contributed by atoms with Gasteiger partial charge < -0.3 is 0 Å². The van der Waals surface area contributed by atoms with Crippen LogP contribution in [-0.4, -0.2) is 0 Å². The Kier molecular flexibility index (Phi) is 3.70. The van der Waals surface area contributed by atoms with Crippen molar-refractivity contribution in [2.75, 3.05) is 0 Å². The van der Waals surface area contributed by atoms with Gasteiger partial charge in [0.15, 0.2) is 0 Å². The molecular weight excluding hydrogens is 168 g/mol. The third-order valence-corrected chi connectivity index (χ3v) is 2.46. The van der Waals surface area contributed by atoms with Crippen molar-refractivity contribution in [1.29, 1.82) is 0 Å². The zero-order chi connectivity index (χ0) is 10.6. The van der Waals surface area contributed by atoms with Crippen molar-refractivity contribution in [1.82, 2.24) is 0 Å². The van der Waals surface area contributed by atoms with E-state index in [1.807, 2.05) is 6.08 Å². The molecule has 0 N–H and O–H groups in total. The topological polar surface area (TPSA) is 0 Å². The Balaban J connectivity index is 3.17. The summed E-state index contributed by atoms with van der Waals surface area (Å²) in [7, 11) is 0. The quantitative estimate of drug-likeness (QED) is 0.615. The normalized spacial score (nSPS) is 17.9. The Morgan fingerprint density at radius 1 is 1.07 bits per heavy atom. The average Bonchev–Trinajstić information content (AvgIpc) is 2.47. The Bertz CT molecular complexity index is 346. The molecule has 0 saturated heterocycles. The van der Waals surface area contributed by atoms with Crippen molar-refractivity contribution in [2.24, 2.45) is 0 Å². The van der Waals surface area contributed by atoms with Crippen LogP contribution in [0.2, 0.25) is 0 Å². The summed E-state index contributed by atoms with van der Waals surface area (Å²) in [5.41, 5.74) is 5.47. The number of rotatable bonds is 3. The van der Waals surface area contributed by atoms with E-state index in [4.69, 9.17) is 0 Å². The highest BCUT2D eigenvalue weighted by Gasteiger charge is 2.15.